The van der Waals surface area contributed by atoms with Crippen LogP contribution in [0.3, 0.4) is 0 Å². The Morgan fingerprint density at radius 3 is 2.78 bits per heavy atom. The van der Waals surface area contributed by atoms with E-state index in [0.29, 0.717) is 10.9 Å². The number of carbonyl (C=O) groups excluding carboxylic acids is 1. The van der Waals surface area contributed by atoms with Gasteiger partial charge in [0.05, 0.1) is 5.69 Å². The maximum Gasteiger partial charge on any atom is 0.264 e. The summed E-state index contributed by atoms with van der Waals surface area (Å²) in [5.41, 5.74) is 3.00. The van der Waals surface area contributed by atoms with Crippen molar-refractivity contribution in [1.82, 2.24) is 4.98 Å². The van der Waals surface area contributed by atoms with E-state index < -0.39 is 0 Å². The third-order valence-corrected chi connectivity index (χ3v) is 4.93. The number of thiazole rings is 1. The first-order valence-electron chi connectivity index (χ1n) is 8.62. The van der Waals surface area contributed by atoms with Crippen molar-refractivity contribution in [3.05, 3.63) is 77.7 Å². The van der Waals surface area contributed by atoms with E-state index in [1.54, 1.807) is 0 Å². The quantitative estimate of drug-likeness (QED) is 0.516. The summed E-state index contributed by atoms with van der Waals surface area (Å²) in [6, 6.07) is 22.0. The van der Waals surface area contributed by atoms with E-state index in [1.807, 2.05) is 60.8 Å². The predicted octanol–water partition coefficient (Wildman–Crippen LogP) is 5.29. The van der Waals surface area contributed by atoms with Gasteiger partial charge in [-0.1, -0.05) is 54.6 Å². The van der Waals surface area contributed by atoms with Crippen LogP contribution in [0.4, 0.5) is 5.13 Å². The molecule has 4 nitrogen and oxygen atoms in total. The Labute approximate surface area is 161 Å². The predicted molar refractivity (Wildman–Crippen MR) is 110 cm³/mol. The molecular weight excluding hydrogens is 356 g/mol. The summed E-state index contributed by atoms with van der Waals surface area (Å²) < 4.78 is 5.53. The second-order valence-electron chi connectivity index (χ2n) is 6.22. The molecular formula is C22H18N2O2S. The summed E-state index contributed by atoms with van der Waals surface area (Å²) >= 11 is 1.41. The maximum absolute atomic E-state index is 12.2. The highest BCUT2D eigenvalue weighted by molar-refractivity contribution is 7.14. The zero-order chi connectivity index (χ0) is 18.6. The van der Waals surface area contributed by atoms with Crippen LogP contribution in [-0.2, 0) is 4.79 Å². The van der Waals surface area contributed by atoms with Gasteiger partial charge in [0.2, 0.25) is 0 Å². The van der Waals surface area contributed by atoms with Gasteiger partial charge in [-0.3, -0.25) is 10.1 Å². The highest BCUT2D eigenvalue weighted by Gasteiger charge is 2.11. The average Bonchev–Trinajstić information content (AvgIpc) is 3.14. The minimum atomic E-state index is -0.227. The average molecular weight is 374 g/mol. The molecule has 27 heavy (non-hydrogen) atoms. The molecule has 0 aliphatic carbocycles. The highest BCUT2D eigenvalue weighted by atomic mass is 32.1. The molecule has 0 aliphatic rings. The van der Waals surface area contributed by atoms with Crippen LogP contribution in [0.25, 0.3) is 22.0 Å². The number of amides is 1. The van der Waals surface area contributed by atoms with Gasteiger partial charge in [-0.15, -0.1) is 11.3 Å². The lowest BCUT2D eigenvalue weighted by Crippen LogP contribution is -2.20. The minimum Gasteiger partial charge on any atom is -0.484 e. The van der Waals surface area contributed by atoms with Crippen LogP contribution in [0.2, 0.25) is 0 Å². The fourth-order valence-corrected chi connectivity index (χ4v) is 3.64. The first-order valence-corrected chi connectivity index (χ1v) is 9.50. The molecule has 134 valence electrons. The molecule has 1 amide bonds. The number of nitrogens with one attached hydrogen (secondary N) is 1. The summed E-state index contributed by atoms with van der Waals surface area (Å²) in [4.78, 5) is 16.7. The molecule has 0 unspecified atom stereocenters. The van der Waals surface area contributed by atoms with Crippen molar-refractivity contribution in [2.45, 2.75) is 6.92 Å². The van der Waals surface area contributed by atoms with Gasteiger partial charge in [0.1, 0.15) is 5.75 Å². The van der Waals surface area contributed by atoms with Crippen LogP contribution in [0.1, 0.15) is 5.56 Å². The van der Waals surface area contributed by atoms with Crippen molar-refractivity contribution in [2.75, 3.05) is 11.9 Å². The van der Waals surface area contributed by atoms with E-state index in [0.717, 1.165) is 22.2 Å². The molecule has 3 aromatic carbocycles. The van der Waals surface area contributed by atoms with Gasteiger partial charge in [-0.2, -0.15) is 0 Å². The molecule has 4 aromatic rings. The highest BCUT2D eigenvalue weighted by Crippen LogP contribution is 2.30. The number of anilines is 1. The summed E-state index contributed by atoms with van der Waals surface area (Å²) in [6.45, 7) is 1.93. The smallest absolute Gasteiger partial charge is 0.264 e. The largest absolute Gasteiger partial charge is 0.484 e. The van der Waals surface area contributed by atoms with Crippen LogP contribution in [0.5, 0.6) is 5.75 Å². The molecule has 0 saturated carbocycles. The van der Waals surface area contributed by atoms with E-state index in [1.165, 1.54) is 16.7 Å². The molecule has 0 saturated heterocycles. The number of nitrogens with zero attached hydrogens (tertiary/aromatic N) is 1. The van der Waals surface area contributed by atoms with Crippen molar-refractivity contribution in [3.63, 3.8) is 0 Å². The van der Waals surface area contributed by atoms with Crippen molar-refractivity contribution < 1.29 is 9.53 Å². The number of benzene rings is 3. The van der Waals surface area contributed by atoms with E-state index in [4.69, 9.17) is 4.74 Å². The Bertz CT molecular complexity index is 1100. The topological polar surface area (TPSA) is 51.2 Å². The zero-order valence-electron chi connectivity index (χ0n) is 14.8. The van der Waals surface area contributed by atoms with E-state index in [-0.39, 0.29) is 12.5 Å². The molecule has 1 heterocycles. The molecule has 0 radical (unpaired) electrons. The fraction of sp³-hybridized carbons (Fsp3) is 0.0909. The Kier molecular flexibility index (Phi) is 4.85. The lowest BCUT2D eigenvalue weighted by Gasteiger charge is -2.06. The molecule has 0 atom stereocenters. The van der Waals surface area contributed by atoms with Gasteiger partial charge in [0, 0.05) is 10.9 Å². The SMILES string of the molecule is Cc1cccc(OCC(=O)Nc2nc(-c3cccc4ccccc34)cs2)c1. The number of hydrogen-bond acceptors (Lipinski definition) is 4. The molecule has 0 bridgehead atoms. The molecule has 5 heteroatoms. The number of ether oxygens (including phenoxy) is 1. The zero-order valence-corrected chi connectivity index (χ0v) is 15.6. The Balaban J connectivity index is 1.45. The lowest BCUT2D eigenvalue weighted by atomic mass is 10.0. The molecule has 0 aliphatic heterocycles. The first-order chi connectivity index (χ1) is 13.2. The van der Waals surface area contributed by atoms with E-state index in [2.05, 4.69) is 28.5 Å². The Hall–Kier alpha value is -3.18. The number of aryl methyl sites for hydroxylation is 1. The van der Waals surface area contributed by atoms with Crippen LogP contribution in [0.15, 0.2) is 72.1 Å². The molecule has 1 N–H and O–H groups in total. The lowest BCUT2D eigenvalue weighted by molar-refractivity contribution is -0.118. The number of aromatic nitrogens is 1. The van der Waals surface area contributed by atoms with Gasteiger partial charge < -0.3 is 4.74 Å². The van der Waals surface area contributed by atoms with Gasteiger partial charge in [0.25, 0.3) is 5.91 Å². The van der Waals surface area contributed by atoms with E-state index >= 15 is 0 Å². The van der Waals surface area contributed by atoms with Crippen LogP contribution in [-0.4, -0.2) is 17.5 Å². The van der Waals surface area contributed by atoms with Crippen LogP contribution in [0, 0.1) is 6.92 Å². The molecule has 0 fully saturated rings. The monoisotopic (exact) mass is 374 g/mol. The summed E-state index contributed by atoms with van der Waals surface area (Å²) in [7, 11) is 0. The van der Waals surface area contributed by atoms with Crippen LogP contribution >= 0.6 is 11.3 Å². The summed E-state index contributed by atoms with van der Waals surface area (Å²) in [5.74, 6) is 0.455. The first kappa shape index (κ1) is 17.2. The third-order valence-electron chi connectivity index (χ3n) is 4.18. The van der Waals surface area contributed by atoms with Crippen molar-refractivity contribution in [3.8, 4) is 17.0 Å². The van der Waals surface area contributed by atoms with Crippen LogP contribution < -0.4 is 10.1 Å². The Morgan fingerprint density at radius 2 is 1.89 bits per heavy atom. The van der Waals surface area contributed by atoms with Crippen molar-refractivity contribution in [2.24, 2.45) is 0 Å². The van der Waals surface area contributed by atoms with Gasteiger partial charge in [-0.25, -0.2) is 4.98 Å². The number of hydrogen-bond donors (Lipinski definition) is 1. The molecule has 4 rings (SSSR count). The summed E-state index contributed by atoms with van der Waals surface area (Å²) in [5, 5.41) is 7.64. The molecule has 1 aromatic heterocycles. The fourth-order valence-electron chi connectivity index (χ4n) is 2.91. The third kappa shape index (κ3) is 3.99. The van der Waals surface area contributed by atoms with Gasteiger partial charge in [-0.05, 0) is 35.4 Å². The number of fused-ring (bicyclic) bond motifs is 1. The van der Waals surface area contributed by atoms with Gasteiger partial charge >= 0.3 is 0 Å². The maximum atomic E-state index is 12.2. The summed E-state index contributed by atoms with van der Waals surface area (Å²) in [6.07, 6.45) is 0. The number of carbonyl (C=O) groups is 1. The molecule has 0 spiro atoms. The normalized spacial score (nSPS) is 10.7. The number of rotatable bonds is 5. The Morgan fingerprint density at radius 1 is 1.07 bits per heavy atom. The second kappa shape index (κ2) is 7.60. The second-order valence-corrected chi connectivity index (χ2v) is 7.08. The standard InChI is InChI=1S/C22H18N2O2S/c1-15-6-4-9-17(12-15)26-13-21(25)24-22-23-20(14-27-22)19-11-5-8-16-7-2-3-10-18(16)19/h2-12,14H,13H2,1H3,(H,23,24,25). The van der Waals surface area contributed by atoms with Gasteiger partial charge in [0.15, 0.2) is 11.7 Å². The van der Waals surface area contributed by atoms with Crippen molar-refractivity contribution in [1.29, 1.82) is 0 Å². The van der Waals surface area contributed by atoms with E-state index in [9.17, 15) is 4.79 Å². The van der Waals surface area contributed by atoms with Crippen molar-refractivity contribution >= 4 is 33.1 Å². The minimum absolute atomic E-state index is 0.0490.